The van der Waals surface area contributed by atoms with Crippen molar-refractivity contribution in [2.24, 2.45) is 0 Å². The van der Waals surface area contributed by atoms with Crippen LogP contribution in [0.5, 0.6) is 0 Å². The van der Waals surface area contributed by atoms with E-state index in [1.807, 2.05) is 79.7 Å². The summed E-state index contributed by atoms with van der Waals surface area (Å²) in [7, 11) is 0. The molecule has 0 radical (unpaired) electrons. The second-order valence-electron chi connectivity index (χ2n) is 11.5. The number of aliphatic hydroxyl groups excluding tert-OH is 1. The molecule has 1 fully saturated rings. The van der Waals surface area contributed by atoms with Gasteiger partial charge in [-0.2, -0.15) is 0 Å². The highest BCUT2D eigenvalue weighted by atomic mass is 32.2. The van der Waals surface area contributed by atoms with Gasteiger partial charge in [0, 0.05) is 24.3 Å². The Kier molecular flexibility index (Phi) is 9.82. The Balaban J connectivity index is 1.07. The lowest BCUT2D eigenvalue weighted by atomic mass is 9.99. The van der Waals surface area contributed by atoms with E-state index in [0.29, 0.717) is 18.5 Å². The molecule has 7 rings (SSSR count). The first-order chi connectivity index (χ1) is 23.5. The molecule has 1 saturated heterocycles. The summed E-state index contributed by atoms with van der Waals surface area (Å²) in [4.78, 5) is 21.7. The Labute approximate surface area is 286 Å². The third-order valence-corrected chi connectivity index (χ3v) is 10.2. The average molecular weight is 676 g/mol. The molecule has 242 valence electrons. The van der Waals surface area contributed by atoms with Crippen LogP contribution < -0.4 is 5.32 Å². The van der Waals surface area contributed by atoms with Gasteiger partial charge < -0.3 is 19.9 Å². The van der Waals surface area contributed by atoms with Crippen molar-refractivity contribution >= 4 is 40.0 Å². The van der Waals surface area contributed by atoms with Crippen molar-refractivity contribution in [3.63, 3.8) is 0 Å². The number of benzene rings is 4. The first kappa shape index (κ1) is 32.0. The molecule has 1 aliphatic rings. The first-order valence-corrected chi connectivity index (χ1v) is 17.4. The largest absolute Gasteiger partial charge is 0.392 e. The number of aromatic nitrogens is 4. The van der Waals surface area contributed by atoms with Crippen LogP contribution >= 0.6 is 23.1 Å². The molecule has 3 unspecified atom stereocenters. The van der Waals surface area contributed by atoms with Crippen LogP contribution in [0, 0.1) is 6.92 Å². The molecule has 0 saturated carbocycles. The second kappa shape index (κ2) is 14.7. The lowest BCUT2D eigenvalue weighted by molar-refractivity contribution is -0.245. The summed E-state index contributed by atoms with van der Waals surface area (Å²) < 4.78 is 14.1. The number of carbonyl (C=O) groups is 1. The zero-order chi connectivity index (χ0) is 32.9. The molecule has 4 aromatic carbocycles. The van der Waals surface area contributed by atoms with Crippen molar-refractivity contribution < 1.29 is 19.4 Å². The maximum Gasteiger partial charge on any atom is 0.271 e. The molecule has 11 heteroatoms. The van der Waals surface area contributed by atoms with Crippen LogP contribution in [-0.4, -0.2) is 43.0 Å². The van der Waals surface area contributed by atoms with Gasteiger partial charge in [-0.05, 0) is 59.0 Å². The topological polar surface area (TPSA) is 119 Å². The van der Waals surface area contributed by atoms with Crippen LogP contribution in [0.1, 0.15) is 56.6 Å². The molecule has 9 nitrogen and oxygen atoms in total. The highest BCUT2D eigenvalue weighted by molar-refractivity contribution is 8.01. The predicted octanol–water partition coefficient (Wildman–Crippen LogP) is 7.22. The minimum atomic E-state index is -0.575. The van der Waals surface area contributed by atoms with Crippen LogP contribution in [0.15, 0.2) is 108 Å². The maximum atomic E-state index is 12.9. The fraction of sp³-hybridized carbons (Fsp3) is 0.216. The van der Waals surface area contributed by atoms with Crippen molar-refractivity contribution in [1.82, 2.24) is 25.5 Å². The molecule has 1 amide bonds. The normalized spacial score (nSPS) is 17.8. The lowest BCUT2D eigenvalue weighted by Crippen LogP contribution is -2.31. The average Bonchev–Trinajstić information content (AvgIpc) is 3.57. The summed E-state index contributed by atoms with van der Waals surface area (Å²) >= 11 is 3.23. The molecule has 6 aromatic rings. The Hall–Kier alpha value is -4.52. The minimum absolute atomic E-state index is 0.00241. The van der Waals surface area contributed by atoms with Crippen molar-refractivity contribution in [2.75, 3.05) is 5.75 Å². The number of nitrogens with one attached hydrogen (secondary N) is 1. The van der Waals surface area contributed by atoms with Gasteiger partial charge in [-0.3, -0.25) is 9.78 Å². The van der Waals surface area contributed by atoms with E-state index in [1.165, 1.54) is 6.20 Å². The van der Waals surface area contributed by atoms with E-state index in [9.17, 15) is 9.90 Å². The zero-order valence-corrected chi connectivity index (χ0v) is 27.8. The second-order valence-corrected chi connectivity index (χ2v) is 13.9. The molecule has 2 N–H and O–H groups in total. The highest BCUT2D eigenvalue weighted by Crippen LogP contribution is 2.40. The fourth-order valence-electron chi connectivity index (χ4n) is 5.59. The van der Waals surface area contributed by atoms with Crippen molar-refractivity contribution in [2.45, 2.75) is 49.3 Å². The Morgan fingerprint density at radius 3 is 2.48 bits per heavy atom. The number of para-hydroxylation sites is 2. The quantitative estimate of drug-likeness (QED) is 0.145. The van der Waals surface area contributed by atoms with Crippen LogP contribution in [0.2, 0.25) is 0 Å². The van der Waals surface area contributed by atoms with Gasteiger partial charge in [-0.15, -0.1) is 10.2 Å². The van der Waals surface area contributed by atoms with E-state index < -0.39 is 6.29 Å². The van der Waals surface area contributed by atoms with E-state index >= 15 is 0 Å². The fourth-order valence-corrected chi connectivity index (χ4v) is 7.45. The van der Waals surface area contributed by atoms with Gasteiger partial charge in [0.25, 0.3) is 5.91 Å². The number of amides is 1. The van der Waals surface area contributed by atoms with Crippen molar-refractivity contribution in [3.05, 3.63) is 136 Å². The van der Waals surface area contributed by atoms with Crippen LogP contribution in [0.25, 0.3) is 22.2 Å². The predicted molar refractivity (Wildman–Crippen MR) is 186 cm³/mol. The molecule has 3 heterocycles. The van der Waals surface area contributed by atoms with Gasteiger partial charge in [-0.1, -0.05) is 95.9 Å². The van der Waals surface area contributed by atoms with E-state index in [0.717, 1.165) is 54.0 Å². The van der Waals surface area contributed by atoms with E-state index in [-0.39, 0.29) is 30.4 Å². The van der Waals surface area contributed by atoms with Gasteiger partial charge in [0.15, 0.2) is 10.6 Å². The number of nitrogens with zero attached hydrogens (tertiary/aromatic N) is 4. The van der Waals surface area contributed by atoms with E-state index in [1.54, 1.807) is 23.1 Å². The third-order valence-electron chi connectivity index (χ3n) is 8.07. The first-order valence-electron chi connectivity index (χ1n) is 15.6. The van der Waals surface area contributed by atoms with Crippen LogP contribution in [0.4, 0.5) is 0 Å². The molecule has 1 aliphatic heterocycles. The molecular formula is C37H33N5O4S2. The molecular weight excluding hydrogens is 643 g/mol. The summed E-state index contributed by atoms with van der Waals surface area (Å²) in [5.41, 5.74) is 7.51. The Bertz CT molecular complexity index is 2040. The van der Waals surface area contributed by atoms with Crippen molar-refractivity contribution in [1.29, 1.82) is 0 Å². The molecule has 0 aliphatic carbocycles. The summed E-state index contributed by atoms with van der Waals surface area (Å²) in [6.07, 6.45) is 1.36. The SMILES string of the molecule is Cc1nnc(SCC2CC(c3ccc(CO)cc3)OC(c3cccc(-c4cccc(CNC(=O)c5cnc6ccccc6n5)c4)c3)O2)s1. The number of hydrogen-bond acceptors (Lipinski definition) is 10. The van der Waals surface area contributed by atoms with Gasteiger partial charge in [0.05, 0.1) is 36.0 Å². The molecule has 3 atom stereocenters. The standard InChI is InChI=1S/C37H33N5O4S2/c1-23-41-42-37(48-23)47-22-30-18-34(26-14-12-24(21-43)13-15-26)46-36(45-30)29-9-5-8-28(17-29)27-7-4-6-25(16-27)19-39-35(44)33-20-38-31-10-2-3-11-32(31)40-33/h2-17,20,30,34,36,43H,18-19,21-22H2,1H3,(H,39,44). The van der Waals surface area contributed by atoms with Crippen LogP contribution in [0.3, 0.4) is 0 Å². The van der Waals surface area contributed by atoms with Gasteiger partial charge in [-0.25, -0.2) is 4.98 Å². The van der Waals surface area contributed by atoms with Crippen molar-refractivity contribution in [3.8, 4) is 11.1 Å². The summed E-state index contributed by atoms with van der Waals surface area (Å²) in [6, 6.07) is 31.7. The lowest BCUT2D eigenvalue weighted by Gasteiger charge is -2.36. The number of ether oxygens (including phenoxy) is 2. The van der Waals surface area contributed by atoms with E-state index in [2.05, 4.69) is 49.7 Å². The number of aliphatic hydroxyl groups is 1. The summed E-state index contributed by atoms with van der Waals surface area (Å²) in [6.45, 7) is 2.30. The zero-order valence-electron chi connectivity index (χ0n) is 26.2. The van der Waals surface area contributed by atoms with Crippen LogP contribution in [-0.2, 0) is 22.6 Å². The smallest absolute Gasteiger partial charge is 0.271 e. The maximum absolute atomic E-state index is 12.9. The minimum Gasteiger partial charge on any atom is -0.392 e. The number of carbonyl (C=O) groups excluding carboxylic acids is 1. The number of rotatable bonds is 10. The molecule has 0 spiro atoms. The molecule has 0 bridgehead atoms. The Morgan fingerprint density at radius 2 is 1.69 bits per heavy atom. The summed E-state index contributed by atoms with van der Waals surface area (Å²) in [5, 5.41) is 21.9. The monoisotopic (exact) mass is 675 g/mol. The van der Waals surface area contributed by atoms with E-state index in [4.69, 9.17) is 9.47 Å². The third kappa shape index (κ3) is 7.61. The van der Waals surface area contributed by atoms with Gasteiger partial charge in [0.2, 0.25) is 0 Å². The number of aryl methyl sites for hydroxylation is 1. The number of hydrogen-bond donors (Lipinski definition) is 2. The number of thioether (sulfide) groups is 1. The van der Waals surface area contributed by atoms with Gasteiger partial charge >= 0.3 is 0 Å². The molecule has 48 heavy (non-hydrogen) atoms. The Morgan fingerprint density at radius 1 is 0.896 bits per heavy atom. The summed E-state index contributed by atoms with van der Waals surface area (Å²) in [5.74, 6) is 0.444. The highest BCUT2D eigenvalue weighted by Gasteiger charge is 2.32. The molecule has 2 aromatic heterocycles. The number of fused-ring (bicyclic) bond motifs is 1. The van der Waals surface area contributed by atoms with Gasteiger partial charge in [0.1, 0.15) is 10.7 Å².